The number of benzene rings is 2. The van der Waals surface area contributed by atoms with E-state index in [1.807, 2.05) is 50.6 Å². The van der Waals surface area contributed by atoms with E-state index >= 15 is 0 Å². The SMILES string of the molecule is C=C/C=C\C=C/C(=C)/C=C\C(=C/C)c1ccc(NC)c(-c2ccccc2/C=C\C=c2\c(CC/C=C\C)coc2=C)c1. The van der Waals surface area contributed by atoms with Gasteiger partial charge in [-0.25, -0.2) is 0 Å². The van der Waals surface area contributed by atoms with Gasteiger partial charge in [0.2, 0.25) is 0 Å². The molecule has 0 saturated heterocycles. The van der Waals surface area contributed by atoms with Crippen LogP contribution in [0.5, 0.6) is 0 Å². The highest BCUT2D eigenvalue weighted by Gasteiger charge is 2.10. The maximum atomic E-state index is 5.63. The normalized spacial score (nSPS) is 13.0. The van der Waals surface area contributed by atoms with Crippen molar-refractivity contribution in [1.82, 2.24) is 0 Å². The molecule has 0 saturated carbocycles. The number of hydrogen-bond acceptors (Lipinski definition) is 2. The van der Waals surface area contributed by atoms with Gasteiger partial charge in [-0.15, -0.1) is 0 Å². The van der Waals surface area contributed by atoms with E-state index in [1.54, 1.807) is 6.08 Å². The van der Waals surface area contributed by atoms with Gasteiger partial charge in [0, 0.05) is 23.5 Å². The van der Waals surface area contributed by atoms with Crippen molar-refractivity contribution >= 4 is 30.0 Å². The average Bonchev–Trinajstić information content (AvgIpc) is 3.34. The number of rotatable bonds is 13. The second-order valence-corrected chi connectivity index (χ2v) is 9.46. The minimum absolute atomic E-state index is 0.696. The van der Waals surface area contributed by atoms with Crippen LogP contribution in [0.15, 0.2) is 139 Å². The molecule has 2 heteroatoms. The fourth-order valence-electron chi connectivity index (χ4n) is 4.48. The van der Waals surface area contributed by atoms with Crippen molar-refractivity contribution in [2.45, 2.75) is 26.7 Å². The number of allylic oxidation sites excluding steroid dienone is 13. The van der Waals surface area contributed by atoms with Crippen molar-refractivity contribution in [3.8, 4) is 11.1 Å². The van der Waals surface area contributed by atoms with Crippen LogP contribution in [0.4, 0.5) is 5.69 Å². The van der Waals surface area contributed by atoms with Crippen LogP contribution in [0.1, 0.15) is 37.0 Å². The Hall–Kier alpha value is -4.82. The summed E-state index contributed by atoms with van der Waals surface area (Å²) in [6, 6.07) is 15.0. The third-order valence-corrected chi connectivity index (χ3v) is 6.67. The summed E-state index contributed by atoms with van der Waals surface area (Å²) >= 11 is 0. The number of nitrogens with one attached hydrogen (secondary N) is 1. The number of aryl methyl sites for hydroxylation is 1. The first-order valence-corrected chi connectivity index (χ1v) is 14.0. The van der Waals surface area contributed by atoms with E-state index in [4.69, 9.17) is 4.42 Å². The molecule has 2 nitrogen and oxygen atoms in total. The summed E-state index contributed by atoms with van der Waals surface area (Å²) < 4.78 is 5.63. The van der Waals surface area contributed by atoms with Gasteiger partial charge in [0.25, 0.3) is 0 Å². The van der Waals surface area contributed by atoms with Crippen LogP contribution in [-0.2, 0) is 6.42 Å². The van der Waals surface area contributed by atoms with Crippen LogP contribution in [0.2, 0.25) is 0 Å². The zero-order valence-electron chi connectivity index (χ0n) is 24.6. The first kappa shape index (κ1) is 30.7. The minimum atomic E-state index is 0.696. The molecule has 0 aliphatic heterocycles. The molecule has 1 heterocycles. The van der Waals surface area contributed by atoms with Gasteiger partial charge in [-0.2, -0.15) is 0 Å². The van der Waals surface area contributed by atoms with E-state index in [2.05, 4.69) is 117 Å². The molecule has 0 aliphatic rings. The van der Waals surface area contributed by atoms with Crippen molar-refractivity contribution < 1.29 is 4.42 Å². The number of hydrogen-bond donors (Lipinski definition) is 1. The zero-order chi connectivity index (χ0) is 29.5. The first-order chi connectivity index (χ1) is 20.0. The van der Waals surface area contributed by atoms with Gasteiger partial charge in [-0.3, -0.25) is 0 Å². The second kappa shape index (κ2) is 16.3. The van der Waals surface area contributed by atoms with Crippen LogP contribution in [-0.4, -0.2) is 7.05 Å². The molecule has 1 aromatic heterocycles. The maximum Gasteiger partial charge on any atom is 0.126 e. The number of furan rings is 1. The lowest BCUT2D eigenvalue weighted by Gasteiger charge is -2.15. The van der Waals surface area contributed by atoms with E-state index in [1.165, 1.54) is 5.56 Å². The van der Waals surface area contributed by atoms with Crippen LogP contribution in [0.25, 0.3) is 35.4 Å². The molecule has 0 bridgehead atoms. The van der Waals surface area contributed by atoms with Gasteiger partial charge >= 0.3 is 0 Å². The van der Waals surface area contributed by atoms with Crippen molar-refractivity contribution in [3.63, 3.8) is 0 Å². The van der Waals surface area contributed by atoms with Gasteiger partial charge in [0.1, 0.15) is 5.42 Å². The Bertz CT molecular complexity index is 1630. The predicted octanol–water partition coefficient (Wildman–Crippen LogP) is 9.22. The molecule has 0 radical (unpaired) electrons. The molecule has 1 N–H and O–H groups in total. The molecule has 0 aliphatic carbocycles. The third kappa shape index (κ3) is 8.84. The summed E-state index contributed by atoms with van der Waals surface area (Å²) in [5, 5.41) is 4.43. The highest BCUT2D eigenvalue weighted by atomic mass is 16.3. The standard InChI is InChI=1S/C39H41NO/c1-7-10-12-14-18-30(4)24-25-32(9-3)34-26-27-39(40-6)38(28-34)37-22-16-15-19-33(37)21-17-23-36-31(5)41-29-35(36)20-13-11-8-2/h7-12,14-19,21-29,40H,1,4-5,13,20H2,2-3,6H3/b11-8-,12-10-,18-14-,21-17-,25-24-,32-9+,36-23+. The highest BCUT2D eigenvalue weighted by Crippen LogP contribution is 2.34. The quantitative estimate of drug-likeness (QED) is 0.173. The molecule has 0 atom stereocenters. The molecular formula is C39H41NO. The summed E-state index contributed by atoms with van der Waals surface area (Å²) in [6.45, 7) is 16.0. The summed E-state index contributed by atoms with van der Waals surface area (Å²) in [5.74, 6) is 0. The fraction of sp³-hybridized carbons (Fsp3) is 0.128. The molecule has 2 aromatic carbocycles. The first-order valence-electron chi connectivity index (χ1n) is 14.0. The lowest BCUT2D eigenvalue weighted by Crippen LogP contribution is -2.20. The average molecular weight is 540 g/mol. The maximum absolute atomic E-state index is 5.63. The lowest BCUT2D eigenvalue weighted by atomic mass is 9.93. The summed E-state index contributed by atoms with van der Waals surface area (Å²) in [4.78, 5) is 0. The fourth-order valence-corrected chi connectivity index (χ4v) is 4.48. The Morgan fingerprint density at radius 1 is 0.951 bits per heavy atom. The molecular weight excluding hydrogens is 498 g/mol. The summed E-state index contributed by atoms with van der Waals surface area (Å²) in [5.41, 5.74) is 9.54. The van der Waals surface area contributed by atoms with Gasteiger partial charge in [-0.1, -0.05) is 129 Å². The Kier molecular flexibility index (Phi) is 12.2. The van der Waals surface area contributed by atoms with E-state index < -0.39 is 0 Å². The molecule has 3 rings (SSSR count). The minimum Gasteiger partial charge on any atom is -0.465 e. The molecule has 208 valence electrons. The third-order valence-electron chi connectivity index (χ3n) is 6.67. The summed E-state index contributed by atoms with van der Waals surface area (Å²) in [6.07, 6.45) is 30.1. The smallest absolute Gasteiger partial charge is 0.126 e. The van der Waals surface area contributed by atoms with Crippen LogP contribution < -0.4 is 16.0 Å². The molecule has 41 heavy (non-hydrogen) atoms. The van der Waals surface area contributed by atoms with Crippen molar-refractivity contribution in [2.75, 3.05) is 12.4 Å². The van der Waals surface area contributed by atoms with Crippen LogP contribution >= 0.6 is 0 Å². The molecule has 0 unspecified atom stereocenters. The monoisotopic (exact) mass is 539 g/mol. The Balaban J connectivity index is 1.95. The zero-order valence-corrected chi connectivity index (χ0v) is 24.6. The van der Waals surface area contributed by atoms with Gasteiger partial charge in [0.05, 0.1) is 6.26 Å². The topological polar surface area (TPSA) is 25.2 Å². The highest BCUT2D eigenvalue weighted by molar-refractivity contribution is 5.88. The Labute approximate surface area is 245 Å². The van der Waals surface area contributed by atoms with E-state index in [-0.39, 0.29) is 0 Å². The summed E-state index contributed by atoms with van der Waals surface area (Å²) in [7, 11) is 1.96. The second-order valence-electron chi connectivity index (χ2n) is 9.46. The van der Waals surface area contributed by atoms with Crippen LogP contribution in [0, 0.1) is 0 Å². The van der Waals surface area contributed by atoms with Crippen LogP contribution in [0.3, 0.4) is 0 Å². The van der Waals surface area contributed by atoms with Crippen molar-refractivity contribution in [3.05, 3.63) is 162 Å². The Morgan fingerprint density at radius 2 is 1.78 bits per heavy atom. The largest absolute Gasteiger partial charge is 0.465 e. The molecule has 0 spiro atoms. The van der Waals surface area contributed by atoms with Gasteiger partial charge < -0.3 is 9.73 Å². The van der Waals surface area contributed by atoms with Gasteiger partial charge in [0.15, 0.2) is 0 Å². The molecule has 3 aromatic rings. The van der Waals surface area contributed by atoms with E-state index in [0.717, 1.165) is 57.1 Å². The van der Waals surface area contributed by atoms with Gasteiger partial charge in [-0.05, 0) is 72.2 Å². The lowest BCUT2D eigenvalue weighted by molar-refractivity contribution is 0.530. The van der Waals surface area contributed by atoms with E-state index in [0.29, 0.717) is 5.42 Å². The van der Waals surface area contributed by atoms with E-state index in [9.17, 15) is 0 Å². The van der Waals surface area contributed by atoms with Crippen molar-refractivity contribution in [1.29, 1.82) is 0 Å². The van der Waals surface area contributed by atoms with Crippen molar-refractivity contribution in [2.24, 2.45) is 0 Å². The molecule has 0 fully saturated rings. The predicted molar refractivity (Wildman–Crippen MR) is 182 cm³/mol. The Morgan fingerprint density at radius 3 is 2.54 bits per heavy atom. The molecule has 0 amide bonds. The number of anilines is 1.